The summed E-state index contributed by atoms with van der Waals surface area (Å²) in [4.78, 5) is 34.9. The van der Waals surface area contributed by atoms with E-state index in [2.05, 4.69) is 0 Å². The van der Waals surface area contributed by atoms with Gasteiger partial charge < -0.3 is 10.0 Å². The van der Waals surface area contributed by atoms with Gasteiger partial charge >= 0.3 is 5.97 Å². The summed E-state index contributed by atoms with van der Waals surface area (Å²) in [5.41, 5.74) is -0.113. The lowest BCUT2D eigenvalue weighted by molar-refractivity contribution is -0.385. The van der Waals surface area contributed by atoms with E-state index in [0.29, 0.717) is 19.5 Å². The molecule has 1 aromatic carbocycles. The standard InChI is InChI=1S/C14H16N2O5/c17-13(18)6-5-10-7-8-15(9-10)14(19)11-3-1-2-4-12(11)16(20)21/h1-4,10H,5-9H2,(H,17,18). The summed E-state index contributed by atoms with van der Waals surface area (Å²) in [7, 11) is 0. The maximum absolute atomic E-state index is 12.4. The van der Waals surface area contributed by atoms with Crippen molar-refractivity contribution in [3.63, 3.8) is 0 Å². The first kappa shape index (κ1) is 15.0. The normalized spacial score (nSPS) is 17.7. The minimum Gasteiger partial charge on any atom is -0.481 e. The minimum absolute atomic E-state index is 0.0815. The highest BCUT2D eigenvalue weighted by molar-refractivity contribution is 5.98. The maximum Gasteiger partial charge on any atom is 0.303 e. The Bertz CT molecular complexity index is 572. The maximum atomic E-state index is 12.4. The molecular formula is C14H16N2O5. The molecule has 1 atom stereocenters. The monoisotopic (exact) mass is 292 g/mol. The number of carboxylic acids is 1. The number of amides is 1. The van der Waals surface area contributed by atoms with Crippen LogP contribution in [0.1, 0.15) is 29.6 Å². The number of carbonyl (C=O) groups excluding carboxylic acids is 1. The molecule has 0 spiro atoms. The molecule has 112 valence electrons. The van der Waals surface area contributed by atoms with E-state index in [1.807, 2.05) is 0 Å². The molecule has 21 heavy (non-hydrogen) atoms. The smallest absolute Gasteiger partial charge is 0.303 e. The summed E-state index contributed by atoms with van der Waals surface area (Å²) in [6.07, 6.45) is 1.34. The van der Waals surface area contributed by atoms with Crippen LogP contribution in [-0.2, 0) is 4.79 Å². The van der Waals surface area contributed by atoms with Gasteiger partial charge in [0.2, 0.25) is 0 Å². The number of benzene rings is 1. The number of para-hydroxylation sites is 1. The van der Waals surface area contributed by atoms with Crippen LogP contribution in [0.25, 0.3) is 0 Å². The molecule has 0 saturated carbocycles. The summed E-state index contributed by atoms with van der Waals surface area (Å²) in [6, 6.07) is 5.88. The molecule has 1 aliphatic rings. The van der Waals surface area contributed by atoms with Gasteiger partial charge in [0.1, 0.15) is 5.56 Å². The Morgan fingerprint density at radius 3 is 2.76 bits per heavy atom. The lowest BCUT2D eigenvalue weighted by Gasteiger charge is -2.16. The molecule has 7 heteroatoms. The zero-order valence-corrected chi connectivity index (χ0v) is 11.4. The molecule has 1 aliphatic heterocycles. The van der Waals surface area contributed by atoms with Crippen molar-refractivity contribution in [2.24, 2.45) is 5.92 Å². The number of nitro benzene ring substituents is 1. The Balaban J connectivity index is 2.05. The van der Waals surface area contributed by atoms with Crippen molar-refractivity contribution in [2.75, 3.05) is 13.1 Å². The van der Waals surface area contributed by atoms with Gasteiger partial charge in [-0.3, -0.25) is 19.7 Å². The molecule has 0 aromatic heterocycles. The molecule has 1 saturated heterocycles. The van der Waals surface area contributed by atoms with Gasteiger partial charge in [-0.15, -0.1) is 0 Å². The molecule has 7 nitrogen and oxygen atoms in total. The summed E-state index contributed by atoms with van der Waals surface area (Å²) in [5, 5.41) is 19.6. The van der Waals surface area contributed by atoms with Gasteiger partial charge in [-0.25, -0.2) is 0 Å². The van der Waals surface area contributed by atoms with Gasteiger partial charge in [-0.2, -0.15) is 0 Å². The number of nitro groups is 1. The van der Waals surface area contributed by atoms with Crippen molar-refractivity contribution in [3.8, 4) is 0 Å². The zero-order valence-electron chi connectivity index (χ0n) is 11.4. The topological polar surface area (TPSA) is 101 Å². The van der Waals surface area contributed by atoms with Gasteiger partial charge in [-0.05, 0) is 24.8 Å². The largest absolute Gasteiger partial charge is 0.481 e. The molecule has 0 bridgehead atoms. The van der Waals surface area contributed by atoms with E-state index in [1.54, 1.807) is 11.0 Å². The van der Waals surface area contributed by atoms with Crippen LogP contribution in [0, 0.1) is 16.0 Å². The van der Waals surface area contributed by atoms with Crippen molar-refractivity contribution < 1.29 is 19.6 Å². The Kier molecular flexibility index (Phi) is 4.52. The predicted octanol–water partition coefficient (Wildman–Crippen LogP) is 1.92. The molecule has 1 fully saturated rings. The Morgan fingerprint density at radius 2 is 2.10 bits per heavy atom. The average molecular weight is 292 g/mol. The second-order valence-corrected chi connectivity index (χ2v) is 5.11. The second kappa shape index (κ2) is 6.34. The number of likely N-dealkylation sites (tertiary alicyclic amines) is 1. The molecule has 1 aromatic rings. The summed E-state index contributed by atoms with van der Waals surface area (Å²) >= 11 is 0. The second-order valence-electron chi connectivity index (χ2n) is 5.11. The van der Waals surface area contributed by atoms with Gasteiger partial charge in [0.05, 0.1) is 4.92 Å². The first-order valence-electron chi connectivity index (χ1n) is 6.73. The van der Waals surface area contributed by atoms with E-state index < -0.39 is 10.9 Å². The molecule has 1 heterocycles. The van der Waals surface area contributed by atoms with E-state index in [0.717, 1.165) is 6.42 Å². The number of carbonyl (C=O) groups is 2. The summed E-state index contributed by atoms with van der Waals surface area (Å²) in [5.74, 6) is -1.06. The Hall–Kier alpha value is -2.44. The molecule has 0 radical (unpaired) electrons. The van der Waals surface area contributed by atoms with Crippen LogP contribution >= 0.6 is 0 Å². The fourth-order valence-electron chi connectivity index (χ4n) is 2.56. The van der Waals surface area contributed by atoms with E-state index in [1.165, 1.54) is 18.2 Å². The Labute approximate surface area is 121 Å². The van der Waals surface area contributed by atoms with Crippen LogP contribution in [0.15, 0.2) is 24.3 Å². The molecule has 0 aliphatic carbocycles. The van der Waals surface area contributed by atoms with Crippen molar-refractivity contribution in [3.05, 3.63) is 39.9 Å². The SMILES string of the molecule is O=C(O)CCC1CCN(C(=O)c2ccccc2[N+](=O)[O-])C1. The third kappa shape index (κ3) is 3.56. The first-order chi connectivity index (χ1) is 9.99. The van der Waals surface area contributed by atoms with Crippen LogP contribution in [-0.4, -0.2) is 39.9 Å². The van der Waals surface area contributed by atoms with E-state index >= 15 is 0 Å². The molecule has 2 rings (SSSR count). The van der Waals surface area contributed by atoms with E-state index in [-0.39, 0.29) is 29.5 Å². The predicted molar refractivity (Wildman–Crippen MR) is 74.0 cm³/mol. The van der Waals surface area contributed by atoms with Crippen LogP contribution in [0.5, 0.6) is 0 Å². The number of aliphatic carboxylic acids is 1. The number of carboxylic acid groups (broad SMARTS) is 1. The van der Waals surface area contributed by atoms with Crippen LogP contribution in [0.2, 0.25) is 0 Å². The van der Waals surface area contributed by atoms with Crippen LogP contribution < -0.4 is 0 Å². The highest BCUT2D eigenvalue weighted by Gasteiger charge is 2.30. The van der Waals surface area contributed by atoms with Gasteiger partial charge in [0.25, 0.3) is 11.6 Å². The van der Waals surface area contributed by atoms with Gasteiger partial charge in [0.15, 0.2) is 0 Å². The number of rotatable bonds is 5. The molecule has 1 unspecified atom stereocenters. The van der Waals surface area contributed by atoms with E-state index in [4.69, 9.17) is 5.11 Å². The van der Waals surface area contributed by atoms with Crippen LogP contribution in [0.4, 0.5) is 5.69 Å². The summed E-state index contributed by atoms with van der Waals surface area (Å²) < 4.78 is 0. The van der Waals surface area contributed by atoms with E-state index in [9.17, 15) is 19.7 Å². The Morgan fingerprint density at radius 1 is 1.38 bits per heavy atom. The molecular weight excluding hydrogens is 276 g/mol. The first-order valence-corrected chi connectivity index (χ1v) is 6.73. The summed E-state index contributed by atoms with van der Waals surface area (Å²) in [6.45, 7) is 0.966. The molecule has 1 N–H and O–H groups in total. The third-order valence-electron chi connectivity index (χ3n) is 3.67. The molecule has 1 amide bonds. The third-order valence-corrected chi connectivity index (χ3v) is 3.67. The highest BCUT2D eigenvalue weighted by atomic mass is 16.6. The number of hydrogen-bond donors (Lipinski definition) is 1. The average Bonchev–Trinajstić information content (AvgIpc) is 2.93. The van der Waals surface area contributed by atoms with Gasteiger partial charge in [-0.1, -0.05) is 12.1 Å². The number of hydrogen-bond acceptors (Lipinski definition) is 4. The number of nitrogens with zero attached hydrogens (tertiary/aromatic N) is 2. The highest BCUT2D eigenvalue weighted by Crippen LogP contribution is 2.25. The quantitative estimate of drug-likeness (QED) is 0.660. The van der Waals surface area contributed by atoms with Crippen molar-refractivity contribution in [1.82, 2.24) is 4.90 Å². The lowest BCUT2D eigenvalue weighted by Crippen LogP contribution is -2.29. The minimum atomic E-state index is -0.849. The van der Waals surface area contributed by atoms with Crippen molar-refractivity contribution >= 4 is 17.6 Å². The van der Waals surface area contributed by atoms with Crippen molar-refractivity contribution in [1.29, 1.82) is 0 Å². The zero-order chi connectivity index (χ0) is 15.4. The van der Waals surface area contributed by atoms with Crippen molar-refractivity contribution in [2.45, 2.75) is 19.3 Å². The fourth-order valence-corrected chi connectivity index (χ4v) is 2.56. The lowest BCUT2D eigenvalue weighted by atomic mass is 10.0. The van der Waals surface area contributed by atoms with Gasteiger partial charge in [0, 0.05) is 25.6 Å². The fraction of sp³-hybridized carbons (Fsp3) is 0.429. The van der Waals surface area contributed by atoms with Crippen LogP contribution in [0.3, 0.4) is 0 Å².